The fourth-order valence-electron chi connectivity index (χ4n) is 2.93. The van der Waals surface area contributed by atoms with Crippen molar-refractivity contribution < 1.29 is 45.3 Å². The van der Waals surface area contributed by atoms with Gasteiger partial charge in [0, 0.05) is 34.6 Å². The third kappa shape index (κ3) is 10.0. The van der Waals surface area contributed by atoms with Gasteiger partial charge in [-0.05, 0) is 18.1 Å². The molecule has 1 atom stereocenters. The zero-order valence-electron chi connectivity index (χ0n) is 18.5. The van der Waals surface area contributed by atoms with Crippen LogP contribution in [0.5, 0.6) is 0 Å². The molecule has 175 valence electrons. The summed E-state index contributed by atoms with van der Waals surface area (Å²) >= 11 is 0. The van der Waals surface area contributed by atoms with Crippen LogP contribution in [-0.2, 0) is 45.3 Å². The third-order valence-electron chi connectivity index (χ3n) is 4.36. The minimum atomic E-state index is -0.712. The van der Waals surface area contributed by atoms with Crippen LogP contribution in [-0.4, -0.2) is 31.9 Å². The van der Waals surface area contributed by atoms with Crippen molar-refractivity contribution in [2.24, 2.45) is 4.99 Å². The molecule has 1 aliphatic rings. The summed E-state index contributed by atoms with van der Waals surface area (Å²) < 4.78 is 32.8. The van der Waals surface area contributed by atoms with Gasteiger partial charge in [0.1, 0.15) is 0 Å². The van der Waals surface area contributed by atoms with E-state index in [0.29, 0.717) is 6.42 Å². The predicted molar refractivity (Wildman–Crippen MR) is 118 cm³/mol. The smallest absolute Gasteiger partial charge is 0 e. The number of hydrogen-bond acceptors (Lipinski definition) is 4. The van der Waals surface area contributed by atoms with Gasteiger partial charge < -0.3 is 9.47 Å². The summed E-state index contributed by atoms with van der Waals surface area (Å²) in [5.74, 6) is 0.394. The van der Waals surface area contributed by atoms with E-state index in [1.807, 2.05) is 79.2 Å². The molecule has 0 spiro atoms. The van der Waals surface area contributed by atoms with Crippen LogP contribution in [0.2, 0.25) is 0 Å². The molecule has 0 saturated carbocycles. The number of carbonyl (C=O) groups excluding carboxylic acids is 1. The quantitative estimate of drug-likeness (QED) is 0.197. The van der Waals surface area contributed by atoms with Gasteiger partial charge in [-0.25, -0.2) is 4.79 Å². The van der Waals surface area contributed by atoms with E-state index < -0.39 is 6.04 Å². The van der Waals surface area contributed by atoms with Crippen molar-refractivity contribution >= 4 is 11.7 Å². The number of carbonyl (C=O) groups is 1. The first-order valence-corrected chi connectivity index (χ1v) is 9.38. The fourth-order valence-corrected chi connectivity index (χ4v) is 2.93. The van der Waals surface area contributed by atoms with Crippen molar-refractivity contribution in [3.8, 4) is 0 Å². The minimum Gasteiger partial charge on any atom is 0 e. The van der Waals surface area contributed by atoms with E-state index in [1.165, 1.54) is 7.11 Å². The summed E-state index contributed by atoms with van der Waals surface area (Å²) in [7, 11) is 3.01. The van der Waals surface area contributed by atoms with E-state index in [4.69, 9.17) is 28.4 Å². The predicted octanol–water partition coefficient (Wildman–Crippen LogP) is 4.02. The molecule has 0 aliphatic heterocycles. The Balaban J connectivity index is 0. The first-order chi connectivity index (χ1) is 16.2. The Morgan fingerprint density at radius 2 is 1.35 bits per heavy atom. The van der Waals surface area contributed by atoms with Crippen molar-refractivity contribution in [1.82, 2.24) is 0 Å². The maximum absolute atomic E-state index is 12.5. The molecule has 1 radical (unpaired) electrons. The Labute approximate surface area is 210 Å². The van der Waals surface area contributed by atoms with Crippen LogP contribution in [0.3, 0.4) is 0 Å². The van der Waals surface area contributed by atoms with Gasteiger partial charge in [0.05, 0.1) is 25.7 Å². The average molecular weight is 500 g/mol. The van der Waals surface area contributed by atoms with Crippen molar-refractivity contribution in [3.05, 3.63) is 122 Å². The summed E-state index contributed by atoms with van der Waals surface area (Å²) in [6, 6.07) is 19.0. The van der Waals surface area contributed by atoms with Gasteiger partial charge >= 0.3 is 39.9 Å². The van der Waals surface area contributed by atoms with Gasteiger partial charge in [0.15, 0.2) is 6.04 Å². The second-order valence-corrected chi connectivity index (χ2v) is 6.06. The molecular weight excluding hydrogens is 478 g/mol. The van der Waals surface area contributed by atoms with Crippen LogP contribution in [0.25, 0.3) is 0 Å². The zero-order valence-corrected chi connectivity index (χ0v) is 19.6. The molecule has 2 aromatic carbocycles. The van der Waals surface area contributed by atoms with Crippen molar-refractivity contribution in [3.63, 3.8) is 0 Å². The first-order valence-electron chi connectivity index (χ1n) is 9.38. The molecule has 3 rings (SSSR count). The van der Waals surface area contributed by atoms with Crippen LogP contribution in [0.4, 0.5) is 0 Å². The number of methoxy groups -OCH3 is 2. The molecular formula is C26H22FeNO6. The summed E-state index contributed by atoms with van der Waals surface area (Å²) in [4.78, 5) is 17.4. The van der Waals surface area contributed by atoms with E-state index in [2.05, 4.69) is 20.0 Å². The van der Waals surface area contributed by atoms with Crippen LogP contribution in [0.15, 0.2) is 89.1 Å². The summed E-state index contributed by atoms with van der Waals surface area (Å²) in [5, 5.41) is 0. The molecule has 2 aromatic rings. The van der Waals surface area contributed by atoms with Crippen molar-refractivity contribution in [2.75, 3.05) is 14.2 Å². The maximum atomic E-state index is 12.5. The molecule has 0 heterocycles. The molecule has 0 aromatic heterocycles. The molecule has 7 nitrogen and oxygen atoms in total. The molecule has 8 heteroatoms. The van der Waals surface area contributed by atoms with Gasteiger partial charge in [-0.3, -0.25) is 4.99 Å². The number of aliphatic imine (C=N–C) groups is 1. The minimum absolute atomic E-state index is 0. The monoisotopic (exact) mass is 500 g/mol. The zero-order chi connectivity index (χ0) is 25.1. The van der Waals surface area contributed by atoms with Crippen LogP contribution >= 0.6 is 0 Å². The van der Waals surface area contributed by atoms with Crippen LogP contribution in [0.1, 0.15) is 17.5 Å². The number of rotatable bonds is 6. The SMILES string of the molecule is COC(=O)C(N=C(c1ccccc1)c1ccccc1)C1=C[CH]C(OC)=CC1.[C-]#[O+].[C-]#[O+].[C-]#[O+].[Fe]. The summed E-state index contributed by atoms with van der Waals surface area (Å²) in [6.07, 6.45) is 6.25. The van der Waals surface area contributed by atoms with E-state index >= 15 is 0 Å². The number of allylic oxidation sites excluding steroid dienone is 2. The van der Waals surface area contributed by atoms with Gasteiger partial charge in [0.2, 0.25) is 0 Å². The number of ether oxygens (including phenoxy) is 2. The number of hydrogen-bond donors (Lipinski definition) is 0. The average Bonchev–Trinajstić information content (AvgIpc) is 2.93. The number of esters is 1. The Morgan fingerprint density at radius 1 is 0.882 bits per heavy atom. The maximum Gasteiger partial charge on any atom is 0 e. The second-order valence-electron chi connectivity index (χ2n) is 6.06. The van der Waals surface area contributed by atoms with Gasteiger partial charge in [-0.1, -0.05) is 66.7 Å². The Kier molecular flexibility index (Phi) is 19.5. The standard InChI is InChI=1S/C23H22NO3.3CO.Fe/c1-26-20-15-13-19(14-16-20)22(23(25)27-2)24-21(17-9-5-3-6-10-17)18-11-7-4-8-12-18;3*1-2;/h3-13,15-16,22H,14H2,1-2H3;;;;. The van der Waals surface area contributed by atoms with E-state index in [-0.39, 0.29) is 23.0 Å². The number of benzene rings is 2. The molecule has 0 saturated heterocycles. The molecule has 0 bridgehead atoms. The van der Waals surface area contributed by atoms with Crippen LogP contribution in [0, 0.1) is 26.4 Å². The largest absolute Gasteiger partial charge is 0 e. The molecule has 34 heavy (non-hydrogen) atoms. The Morgan fingerprint density at radius 3 is 1.71 bits per heavy atom. The van der Waals surface area contributed by atoms with E-state index in [1.54, 1.807) is 7.11 Å². The van der Waals surface area contributed by atoms with E-state index in [9.17, 15) is 4.79 Å². The normalized spacial score (nSPS) is 11.6. The third-order valence-corrected chi connectivity index (χ3v) is 4.36. The van der Waals surface area contributed by atoms with Crippen molar-refractivity contribution in [2.45, 2.75) is 12.5 Å². The molecule has 1 unspecified atom stereocenters. The molecule has 0 amide bonds. The Hall–Kier alpha value is -3.40. The number of nitrogens with zero attached hydrogens (tertiary/aromatic N) is 1. The van der Waals surface area contributed by atoms with Crippen LogP contribution < -0.4 is 0 Å². The van der Waals surface area contributed by atoms with Gasteiger partial charge in [0.25, 0.3) is 0 Å². The topological polar surface area (TPSA) is 108 Å². The summed E-state index contributed by atoms with van der Waals surface area (Å²) in [6.45, 7) is 13.5. The molecule has 0 fully saturated rings. The first kappa shape index (κ1) is 32.8. The molecule has 1 aliphatic carbocycles. The van der Waals surface area contributed by atoms with Gasteiger partial charge in [-0.2, -0.15) is 0 Å². The Bertz CT molecular complexity index is 952. The summed E-state index contributed by atoms with van der Waals surface area (Å²) in [5.41, 5.74) is 3.53. The van der Waals surface area contributed by atoms with E-state index in [0.717, 1.165) is 28.2 Å². The molecule has 0 N–H and O–H groups in total. The fraction of sp³-hybridized carbons (Fsp3) is 0.154. The van der Waals surface area contributed by atoms with Gasteiger partial charge in [-0.15, -0.1) is 0 Å². The second kappa shape index (κ2) is 20.2. The van der Waals surface area contributed by atoms with Crippen molar-refractivity contribution in [1.29, 1.82) is 0 Å².